The van der Waals surface area contributed by atoms with Crippen molar-refractivity contribution < 1.29 is 0 Å². The molecule has 0 aromatic carbocycles. The van der Waals surface area contributed by atoms with Gasteiger partial charge < -0.3 is 10.6 Å². The molecule has 1 aromatic rings. The number of rotatable bonds is 4. The monoisotopic (exact) mass is 274 g/mol. The minimum absolute atomic E-state index is 0.221. The first-order chi connectivity index (χ1) is 9.78. The third kappa shape index (κ3) is 2.80. The average molecular weight is 274 g/mol. The van der Waals surface area contributed by atoms with Crippen molar-refractivity contribution in [1.29, 1.82) is 0 Å². The van der Waals surface area contributed by atoms with Crippen LogP contribution >= 0.6 is 0 Å². The molecule has 1 aromatic heterocycles. The molecule has 1 aliphatic heterocycles. The fourth-order valence-corrected chi connectivity index (χ4v) is 3.70. The first-order valence-electron chi connectivity index (χ1n) is 8.11. The van der Waals surface area contributed by atoms with E-state index in [0.717, 1.165) is 36.8 Å². The van der Waals surface area contributed by atoms with Crippen molar-refractivity contribution >= 4 is 5.95 Å². The number of nitrogens with zero attached hydrogens (tertiary/aromatic N) is 3. The number of nitrogens with two attached hydrogens (primary N) is 1. The fraction of sp³-hybridized carbons (Fsp3) is 0.750. The second kappa shape index (κ2) is 6.08. The van der Waals surface area contributed by atoms with Crippen LogP contribution in [0.5, 0.6) is 0 Å². The summed E-state index contributed by atoms with van der Waals surface area (Å²) in [4.78, 5) is 11.6. The maximum atomic E-state index is 5.99. The van der Waals surface area contributed by atoms with Gasteiger partial charge in [0, 0.05) is 31.0 Å². The van der Waals surface area contributed by atoms with Crippen molar-refractivity contribution in [3.05, 3.63) is 18.0 Å². The Balaban J connectivity index is 1.68. The second-order valence-corrected chi connectivity index (χ2v) is 6.36. The number of aromatic nitrogens is 2. The van der Waals surface area contributed by atoms with Crippen LogP contribution in [-0.4, -0.2) is 28.6 Å². The molecule has 0 bridgehead atoms. The molecule has 0 radical (unpaired) electrons. The summed E-state index contributed by atoms with van der Waals surface area (Å²) in [7, 11) is 0. The summed E-state index contributed by atoms with van der Waals surface area (Å²) in [5.41, 5.74) is 7.14. The molecule has 4 heteroatoms. The Morgan fingerprint density at radius 2 is 2.00 bits per heavy atom. The average Bonchev–Trinajstić information content (AvgIpc) is 2.92. The number of hydrogen-bond acceptors (Lipinski definition) is 4. The van der Waals surface area contributed by atoms with Crippen molar-refractivity contribution in [1.82, 2.24) is 9.97 Å². The zero-order valence-corrected chi connectivity index (χ0v) is 12.5. The van der Waals surface area contributed by atoms with Crippen LogP contribution < -0.4 is 10.6 Å². The van der Waals surface area contributed by atoms with E-state index in [1.165, 1.54) is 32.1 Å². The highest BCUT2D eigenvalue weighted by molar-refractivity contribution is 5.34. The molecule has 2 N–H and O–H groups in total. The standard InChI is InChI=1S/C16H26N4/c1-2-14(17)9-12-10-18-16(19-11-12)20-8-7-13-5-3-4-6-15(13)20/h10-11,13-15H,2-9,17H2,1H3. The highest BCUT2D eigenvalue weighted by Crippen LogP contribution is 2.37. The Kier molecular flexibility index (Phi) is 4.20. The van der Waals surface area contributed by atoms with Gasteiger partial charge in [0.1, 0.15) is 0 Å². The predicted octanol–water partition coefficient (Wildman–Crippen LogP) is 2.53. The highest BCUT2D eigenvalue weighted by Gasteiger charge is 2.36. The largest absolute Gasteiger partial charge is 0.338 e. The van der Waals surface area contributed by atoms with E-state index < -0.39 is 0 Å². The zero-order valence-electron chi connectivity index (χ0n) is 12.5. The van der Waals surface area contributed by atoms with E-state index in [0.29, 0.717) is 6.04 Å². The van der Waals surface area contributed by atoms with E-state index in [9.17, 15) is 0 Å². The molecule has 3 unspecified atom stereocenters. The lowest BCUT2D eigenvalue weighted by Crippen LogP contribution is -2.35. The number of fused-ring (bicyclic) bond motifs is 1. The van der Waals surface area contributed by atoms with Crippen LogP contribution in [0.3, 0.4) is 0 Å². The fourth-order valence-electron chi connectivity index (χ4n) is 3.70. The van der Waals surface area contributed by atoms with Gasteiger partial charge in [-0.05, 0) is 43.6 Å². The Morgan fingerprint density at radius 3 is 2.75 bits per heavy atom. The van der Waals surface area contributed by atoms with Gasteiger partial charge in [-0.15, -0.1) is 0 Å². The lowest BCUT2D eigenvalue weighted by atomic mass is 9.85. The first-order valence-corrected chi connectivity index (χ1v) is 8.11. The first kappa shape index (κ1) is 13.8. The van der Waals surface area contributed by atoms with E-state index in [4.69, 9.17) is 5.73 Å². The molecule has 2 fully saturated rings. The Hall–Kier alpha value is -1.16. The summed E-state index contributed by atoms with van der Waals surface area (Å²) in [6.07, 6.45) is 12.6. The Morgan fingerprint density at radius 1 is 1.25 bits per heavy atom. The second-order valence-electron chi connectivity index (χ2n) is 6.36. The van der Waals surface area contributed by atoms with Gasteiger partial charge in [-0.3, -0.25) is 0 Å². The molecular formula is C16H26N4. The summed E-state index contributed by atoms with van der Waals surface area (Å²) in [6, 6.07) is 0.909. The van der Waals surface area contributed by atoms with Crippen LogP contribution in [0.25, 0.3) is 0 Å². The summed E-state index contributed by atoms with van der Waals surface area (Å²) in [5.74, 6) is 1.80. The van der Waals surface area contributed by atoms with Crippen LogP contribution in [0.1, 0.15) is 51.0 Å². The molecule has 110 valence electrons. The number of hydrogen-bond donors (Lipinski definition) is 1. The molecule has 1 aliphatic carbocycles. The molecule has 20 heavy (non-hydrogen) atoms. The molecule has 2 aliphatic rings. The van der Waals surface area contributed by atoms with Crippen LogP contribution in [0.2, 0.25) is 0 Å². The SMILES string of the molecule is CCC(N)Cc1cnc(N2CCC3CCCCC32)nc1. The van der Waals surface area contributed by atoms with Gasteiger partial charge in [-0.1, -0.05) is 19.8 Å². The van der Waals surface area contributed by atoms with Crippen LogP contribution in [0, 0.1) is 5.92 Å². The summed E-state index contributed by atoms with van der Waals surface area (Å²) < 4.78 is 0. The van der Waals surface area contributed by atoms with E-state index in [1.54, 1.807) is 0 Å². The molecule has 4 nitrogen and oxygen atoms in total. The predicted molar refractivity (Wildman–Crippen MR) is 81.7 cm³/mol. The van der Waals surface area contributed by atoms with Gasteiger partial charge in [0.15, 0.2) is 0 Å². The number of anilines is 1. The zero-order chi connectivity index (χ0) is 13.9. The summed E-state index contributed by atoms with van der Waals surface area (Å²) in [5, 5.41) is 0. The molecule has 0 amide bonds. The third-order valence-corrected chi connectivity index (χ3v) is 4.98. The van der Waals surface area contributed by atoms with Crippen molar-refractivity contribution in [3.63, 3.8) is 0 Å². The Bertz CT molecular complexity index is 431. The third-order valence-electron chi connectivity index (χ3n) is 4.98. The minimum Gasteiger partial charge on any atom is -0.338 e. The summed E-state index contributed by atoms with van der Waals surface area (Å²) in [6.45, 7) is 3.25. The molecule has 3 atom stereocenters. The normalized spacial score (nSPS) is 27.4. The molecule has 0 spiro atoms. The topological polar surface area (TPSA) is 55.0 Å². The molecular weight excluding hydrogens is 248 g/mol. The molecule has 1 saturated carbocycles. The van der Waals surface area contributed by atoms with E-state index in [-0.39, 0.29) is 6.04 Å². The van der Waals surface area contributed by atoms with Gasteiger partial charge in [0.05, 0.1) is 0 Å². The van der Waals surface area contributed by atoms with Gasteiger partial charge in [-0.2, -0.15) is 0 Å². The highest BCUT2D eigenvalue weighted by atomic mass is 15.3. The van der Waals surface area contributed by atoms with Crippen molar-refractivity contribution in [3.8, 4) is 0 Å². The smallest absolute Gasteiger partial charge is 0.225 e. The van der Waals surface area contributed by atoms with Crippen LogP contribution in [-0.2, 0) is 6.42 Å². The maximum Gasteiger partial charge on any atom is 0.225 e. The quantitative estimate of drug-likeness (QED) is 0.916. The van der Waals surface area contributed by atoms with Crippen LogP contribution in [0.4, 0.5) is 5.95 Å². The molecule has 2 heterocycles. The van der Waals surface area contributed by atoms with Gasteiger partial charge in [0.2, 0.25) is 5.95 Å². The van der Waals surface area contributed by atoms with Crippen molar-refractivity contribution in [2.75, 3.05) is 11.4 Å². The maximum absolute atomic E-state index is 5.99. The molecule has 3 rings (SSSR count). The van der Waals surface area contributed by atoms with E-state index >= 15 is 0 Å². The van der Waals surface area contributed by atoms with Crippen LogP contribution in [0.15, 0.2) is 12.4 Å². The summed E-state index contributed by atoms with van der Waals surface area (Å²) >= 11 is 0. The molecule has 1 saturated heterocycles. The van der Waals surface area contributed by atoms with Gasteiger partial charge >= 0.3 is 0 Å². The Labute approximate surface area is 121 Å². The minimum atomic E-state index is 0.221. The van der Waals surface area contributed by atoms with E-state index in [2.05, 4.69) is 21.8 Å². The van der Waals surface area contributed by atoms with Crippen molar-refractivity contribution in [2.24, 2.45) is 11.7 Å². The van der Waals surface area contributed by atoms with Gasteiger partial charge in [-0.25, -0.2) is 9.97 Å². The van der Waals surface area contributed by atoms with Gasteiger partial charge in [0.25, 0.3) is 0 Å². The van der Waals surface area contributed by atoms with E-state index in [1.807, 2.05) is 12.4 Å². The lowest BCUT2D eigenvalue weighted by Gasteiger charge is -2.31. The lowest BCUT2D eigenvalue weighted by molar-refractivity contribution is 0.341. The van der Waals surface area contributed by atoms with Crippen molar-refractivity contribution in [2.45, 2.75) is 64.0 Å².